The van der Waals surface area contributed by atoms with E-state index in [1.807, 2.05) is 61.5 Å². The second kappa shape index (κ2) is 33.2. The maximum absolute atomic E-state index is 10.2. The highest BCUT2D eigenvalue weighted by Crippen LogP contribution is 2.43. The smallest absolute Gasteiger partial charge is 0.257 e. The van der Waals surface area contributed by atoms with Crippen molar-refractivity contribution >= 4 is 35.3 Å². The monoisotopic (exact) mass is 1290 g/mol. The highest BCUT2D eigenvalue weighted by Gasteiger charge is 2.37. The molecule has 20 nitrogen and oxygen atoms in total. The largest absolute Gasteiger partial charge is 0.393 e. The number of nitriles is 3. The van der Waals surface area contributed by atoms with E-state index in [1.54, 1.807) is 18.6 Å². The minimum Gasteiger partial charge on any atom is -0.393 e. The molecule has 6 atom stereocenters. The highest BCUT2D eigenvalue weighted by atomic mass is 16.5. The Morgan fingerprint density at radius 3 is 1.34 bits per heavy atom. The van der Waals surface area contributed by atoms with Crippen LogP contribution in [-0.4, -0.2) is 94.1 Å². The SMILES string of the molecule is CC1(C)C[C@H](Nc2nc(NCCc3cccc(-c4ccccc4)c3)ncc2C#N)CC[C@@H]1O.CCc1noc(-c2ccc(CCNc3ncc(C#N)c(N[C@@H]4CC[C@H](C)C(C)(C)C4)n3)cc2)n1.C[C@H]1CC[C@@H](Nc2nc(NCCc3ccc(CO)cc3)ncc2C#N)CC1(C)C. The Morgan fingerprint density at radius 1 is 0.490 bits per heavy atom. The van der Waals surface area contributed by atoms with Gasteiger partial charge in [0.2, 0.25) is 17.8 Å². The molecule has 3 aliphatic rings. The van der Waals surface area contributed by atoms with Crippen molar-refractivity contribution in [2.75, 3.05) is 51.5 Å². The summed E-state index contributed by atoms with van der Waals surface area (Å²) in [5, 5.41) is 72.0. The third kappa shape index (κ3) is 19.8. The summed E-state index contributed by atoms with van der Waals surface area (Å²) >= 11 is 0. The lowest BCUT2D eigenvalue weighted by Gasteiger charge is -2.41. The molecule has 4 aromatic heterocycles. The Balaban J connectivity index is 0.000000170. The van der Waals surface area contributed by atoms with Crippen LogP contribution < -0.4 is 31.9 Å². The third-order valence-corrected chi connectivity index (χ3v) is 19.6. The summed E-state index contributed by atoms with van der Waals surface area (Å²) in [5.74, 6) is 6.00. The molecule has 0 amide bonds. The average molecular weight is 1290 g/mol. The van der Waals surface area contributed by atoms with Crippen molar-refractivity contribution in [3.05, 3.63) is 166 Å². The molecule has 8 aromatic rings. The first-order valence-electron chi connectivity index (χ1n) is 34.0. The van der Waals surface area contributed by atoms with Gasteiger partial charge in [-0.1, -0.05) is 158 Å². The number of aryl methyl sites for hydroxylation is 1. The van der Waals surface area contributed by atoms with Crippen molar-refractivity contribution in [1.82, 2.24) is 40.0 Å². The van der Waals surface area contributed by atoms with Crippen molar-refractivity contribution in [1.29, 1.82) is 15.8 Å². The molecule has 3 aliphatic carbocycles. The molecule has 0 bridgehead atoms. The molecule has 0 aliphatic heterocycles. The van der Waals surface area contributed by atoms with Crippen LogP contribution in [0, 0.1) is 62.1 Å². The quantitative estimate of drug-likeness (QED) is 0.0313. The zero-order valence-corrected chi connectivity index (χ0v) is 57.3. The minimum atomic E-state index is -0.297. The van der Waals surface area contributed by atoms with Crippen molar-refractivity contribution in [2.24, 2.45) is 28.1 Å². The number of hydrogen-bond acceptors (Lipinski definition) is 20. The van der Waals surface area contributed by atoms with Crippen molar-refractivity contribution in [3.63, 3.8) is 0 Å². The predicted octanol–water partition coefficient (Wildman–Crippen LogP) is 14.4. The van der Waals surface area contributed by atoms with Gasteiger partial charge < -0.3 is 46.6 Å². The van der Waals surface area contributed by atoms with E-state index in [-0.39, 0.29) is 35.0 Å². The van der Waals surface area contributed by atoms with Gasteiger partial charge in [-0.3, -0.25) is 0 Å². The van der Waals surface area contributed by atoms with Crippen LogP contribution in [0.2, 0.25) is 0 Å². The number of anilines is 6. The second-order valence-electron chi connectivity index (χ2n) is 28.0. The number of nitrogens with zero attached hydrogens (tertiary/aromatic N) is 11. The van der Waals surface area contributed by atoms with Crippen LogP contribution >= 0.6 is 0 Å². The number of benzene rings is 4. The maximum Gasteiger partial charge on any atom is 0.257 e. The minimum absolute atomic E-state index is 0.0600. The lowest BCUT2D eigenvalue weighted by Crippen LogP contribution is -2.41. The number of rotatable bonds is 22. The first kappa shape index (κ1) is 70.8. The summed E-state index contributed by atoms with van der Waals surface area (Å²) in [4.78, 5) is 31.1. The Hall–Kier alpha value is -9.55. The third-order valence-electron chi connectivity index (χ3n) is 19.6. The lowest BCUT2D eigenvalue weighted by atomic mass is 9.68. The zero-order chi connectivity index (χ0) is 68.2. The van der Waals surface area contributed by atoms with Crippen LogP contribution in [0.25, 0.3) is 22.6 Å². The lowest BCUT2D eigenvalue weighted by molar-refractivity contribution is 0.00926. The topological polar surface area (TPSA) is 300 Å². The molecule has 3 fully saturated rings. The fourth-order valence-electron chi connectivity index (χ4n) is 12.7. The molecule has 0 spiro atoms. The van der Waals surface area contributed by atoms with E-state index in [0.29, 0.717) is 107 Å². The summed E-state index contributed by atoms with van der Waals surface area (Å²) in [6.45, 7) is 22.2. The van der Waals surface area contributed by atoms with Crippen molar-refractivity contribution in [2.45, 2.75) is 177 Å². The fraction of sp³-hybridized carbons (Fsp3) is 0.461. The van der Waals surface area contributed by atoms with Crippen LogP contribution in [0.5, 0.6) is 0 Å². The van der Waals surface area contributed by atoms with E-state index in [9.17, 15) is 20.9 Å². The summed E-state index contributed by atoms with van der Waals surface area (Å²) in [7, 11) is 0. The van der Waals surface area contributed by atoms with Crippen LogP contribution in [0.4, 0.5) is 35.3 Å². The summed E-state index contributed by atoms with van der Waals surface area (Å²) in [6, 6.07) is 42.3. The molecule has 4 aromatic carbocycles. The van der Waals surface area contributed by atoms with Crippen LogP contribution in [0.15, 0.2) is 126 Å². The van der Waals surface area contributed by atoms with Gasteiger partial charge in [-0.2, -0.15) is 35.7 Å². The molecule has 0 saturated heterocycles. The number of aliphatic hydroxyl groups excluding tert-OH is 2. The number of aliphatic hydroxyl groups is 2. The standard InChI is InChI=1S/C27H31N5O.C26H33N7O.C23H31N5O/c1-27(2)16-23(11-12-24(27)33)31-25-22(17-28)18-30-26(32-25)29-14-13-19-7-6-10-21(15-19)20-8-4-3-5-9-20;1-5-22-31-24(34-33-22)19-9-7-18(8-10-19)12-13-28-25-29-16-20(15-27)23(32-25)30-21-11-6-17(2)26(3,4)14-21;1-16-4-9-20(12-23(16,2)3)27-21-19(13-24)14-26-22(28-21)25-11-10-17-5-7-18(15-29)8-6-17/h3-10,15,18,23-24,33H,11-14,16H2,1-2H3,(H2,29,30,31,32);7-10,16-17,21H,5-6,11-14H2,1-4H3,(H2,28,29,30,32);5-8,14,16,20,29H,4,9-12,15H2,1-3H3,(H2,25,26,27,28)/t23-,24+;17-,21+;16-,20+/m100/s1. The molecular formula is C76H95N17O3. The van der Waals surface area contributed by atoms with Crippen LogP contribution in [0.3, 0.4) is 0 Å². The maximum atomic E-state index is 10.2. The number of hydrogen-bond donors (Lipinski definition) is 8. The molecule has 0 radical (unpaired) electrons. The van der Waals surface area contributed by atoms with Gasteiger partial charge in [-0.15, -0.1) is 0 Å². The Morgan fingerprint density at radius 2 is 0.917 bits per heavy atom. The summed E-state index contributed by atoms with van der Waals surface area (Å²) in [6.07, 6.45) is 16.7. The Labute approximate surface area is 566 Å². The van der Waals surface area contributed by atoms with Gasteiger partial charge >= 0.3 is 0 Å². The second-order valence-corrected chi connectivity index (χ2v) is 28.0. The molecule has 502 valence electrons. The molecule has 20 heteroatoms. The van der Waals surface area contributed by atoms with E-state index in [1.165, 1.54) is 40.7 Å². The molecule has 11 rings (SSSR count). The predicted molar refractivity (Wildman–Crippen MR) is 380 cm³/mol. The molecule has 96 heavy (non-hydrogen) atoms. The average Bonchev–Trinajstić information content (AvgIpc) is 1.16. The molecule has 0 unspecified atom stereocenters. The van der Waals surface area contributed by atoms with Gasteiger partial charge in [0.05, 0.1) is 31.3 Å². The molecular weight excluding hydrogens is 1200 g/mol. The summed E-state index contributed by atoms with van der Waals surface area (Å²) in [5.41, 5.74) is 9.60. The van der Waals surface area contributed by atoms with Gasteiger partial charge in [-0.05, 0) is 151 Å². The van der Waals surface area contributed by atoms with Crippen molar-refractivity contribution < 1.29 is 14.7 Å². The van der Waals surface area contributed by atoms with Crippen LogP contribution in [-0.2, 0) is 32.3 Å². The molecule has 8 N–H and O–H groups in total. The van der Waals surface area contributed by atoms with E-state index in [4.69, 9.17) is 9.63 Å². The highest BCUT2D eigenvalue weighted by molar-refractivity contribution is 5.64. The van der Waals surface area contributed by atoms with E-state index in [2.05, 4.69) is 194 Å². The molecule has 3 saturated carbocycles. The van der Waals surface area contributed by atoms with E-state index in [0.717, 1.165) is 81.8 Å². The van der Waals surface area contributed by atoms with Gasteiger partial charge in [0, 0.05) is 49.7 Å². The van der Waals surface area contributed by atoms with Crippen LogP contribution in [0.1, 0.15) is 165 Å². The van der Waals surface area contributed by atoms with Gasteiger partial charge in [0.15, 0.2) is 5.82 Å². The fourth-order valence-corrected chi connectivity index (χ4v) is 12.7. The number of nitrogens with one attached hydrogen (secondary N) is 6. The summed E-state index contributed by atoms with van der Waals surface area (Å²) < 4.78 is 5.30. The van der Waals surface area contributed by atoms with Gasteiger partial charge in [0.25, 0.3) is 5.89 Å². The zero-order valence-electron chi connectivity index (χ0n) is 57.3. The Kier molecular flexibility index (Phi) is 24.5. The first-order valence-corrected chi connectivity index (χ1v) is 34.0. The van der Waals surface area contributed by atoms with E-state index < -0.39 is 0 Å². The first-order chi connectivity index (χ1) is 46.2. The normalized spacial score (nSPS) is 19.8. The molecule has 4 heterocycles. The number of aromatic nitrogens is 8. The van der Waals surface area contributed by atoms with E-state index >= 15 is 0 Å². The Bertz CT molecular complexity index is 3930. The van der Waals surface area contributed by atoms with Gasteiger partial charge in [0.1, 0.15) is 52.4 Å². The van der Waals surface area contributed by atoms with Crippen molar-refractivity contribution in [3.8, 4) is 40.8 Å². The van der Waals surface area contributed by atoms with Gasteiger partial charge in [-0.25, -0.2) is 15.0 Å².